The number of thiocarbonyl (C=S) groups is 1. The fourth-order valence-corrected chi connectivity index (χ4v) is 4.89. The molecule has 7 nitrogen and oxygen atoms in total. The molecule has 1 aromatic carbocycles. The zero-order chi connectivity index (χ0) is 18.3. The lowest BCUT2D eigenvalue weighted by Crippen LogP contribution is -2.39. The summed E-state index contributed by atoms with van der Waals surface area (Å²) in [7, 11) is 0. The third-order valence-corrected chi connectivity index (χ3v) is 6.10. The van der Waals surface area contributed by atoms with Gasteiger partial charge in [0.25, 0.3) is 11.6 Å². The van der Waals surface area contributed by atoms with E-state index in [1.165, 1.54) is 36.4 Å². The van der Waals surface area contributed by atoms with Crippen LogP contribution in [-0.4, -0.2) is 32.9 Å². The SMILES string of the molecule is O=C1C(=Cc2cc3c(cc2[N+](=O)[O-])OCO3)SC(=S)N1C1CCCCC1. The van der Waals surface area contributed by atoms with Crippen molar-refractivity contribution in [2.75, 3.05) is 6.79 Å². The third-order valence-electron chi connectivity index (χ3n) is 4.77. The first-order valence-electron chi connectivity index (χ1n) is 8.39. The van der Waals surface area contributed by atoms with Crippen molar-refractivity contribution in [1.82, 2.24) is 4.90 Å². The lowest BCUT2D eigenvalue weighted by Gasteiger charge is -2.29. The van der Waals surface area contributed by atoms with Crippen molar-refractivity contribution < 1.29 is 19.2 Å². The second-order valence-electron chi connectivity index (χ2n) is 6.36. The maximum atomic E-state index is 12.9. The van der Waals surface area contributed by atoms with Crippen LogP contribution in [0.2, 0.25) is 0 Å². The highest BCUT2D eigenvalue weighted by molar-refractivity contribution is 8.26. The normalized spacial score (nSPS) is 21.7. The summed E-state index contributed by atoms with van der Waals surface area (Å²) in [6.07, 6.45) is 6.79. The summed E-state index contributed by atoms with van der Waals surface area (Å²) in [4.78, 5) is 25.9. The summed E-state index contributed by atoms with van der Waals surface area (Å²) in [5, 5.41) is 11.4. The molecular weight excluding hydrogens is 376 g/mol. The second kappa shape index (κ2) is 6.88. The van der Waals surface area contributed by atoms with Crippen molar-refractivity contribution in [2.24, 2.45) is 0 Å². The second-order valence-corrected chi connectivity index (χ2v) is 8.04. The molecular formula is C17H16N2O5S2. The molecule has 2 heterocycles. The van der Waals surface area contributed by atoms with Gasteiger partial charge < -0.3 is 9.47 Å². The number of nitro groups is 1. The molecule has 0 bridgehead atoms. The molecule has 1 amide bonds. The Morgan fingerprint density at radius 1 is 1.23 bits per heavy atom. The summed E-state index contributed by atoms with van der Waals surface area (Å²) in [5.74, 6) is 0.604. The van der Waals surface area contributed by atoms with Gasteiger partial charge in [-0.3, -0.25) is 19.8 Å². The molecule has 1 saturated heterocycles. The number of ether oxygens (including phenoxy) is 2. The predicted molar refractivity (Wildman–Crippen MR) is 101 cm³/mol. The smallest absolute Gasteiger partial charge is 0.280 e. The topological polar surface area (TPSA) is 81.9 Å². The summed E-state index contributed by atoms with van der Waals surface area (Å²) in [5.41, 5.74) is 0.181. The molecule has 0 radical (unpaired) electrons. The summed E-state index contributed by atoms with van der Waals surface area (Å²) < 4.78 is 11.0. The van der Waals surface area contributed by atoms with Crippen molar-refractivity contribution >= 4 is 46.0 Å². The number of benzene rings is 1. The first-order chi connectivity index (χ1) is 12.5. The Morgan fingerprint density at radius 3 is 2.62 bits per heavy atom. The Hall–Kier alpha value is -2.13. The van der Waals surface area contributed by atoms with E-state index in [1.54, 1.807) is 4.90 Å². The number of nitro benzene ring substituents is 1. The number of hydrogen-bond donors (Lipinski definition) is 0. The average Bonchev–Trinajstić information content (AvgIpc) is 3.19. The van der Waals surface area contributed by atoms with Gasteiger partial charge in [-0.15, -0.1) is 0 Å². The van der Waals surface area contributed by atoms with Crippen LogP contribution in [0.4, 0.5) is 5.69 Å². The maximum absolute atomic E-state index is 12.9. The molecule has 0 atom stereocenters. The van der Waals surface area contributed by atoms with Crippen LogP contribution < -0.4 is 9.47 Å². The Morgan fingerprint density at radius 2 is 1.92 bits per heavy atom. The minimum atomic E-state index is -0.490. The Balaban J connectivity index is 1.67. The van der Waals surface area contributed by atoms with Crippen molar-refractivity contribution in [2.45, 2.75) is 38.1 Å². The standard InChI is InChI=1S/C17H16N2O5S2/c20-16-15(26-17(25)18(16)11-4-2-1-3-5-11)7-10-6-13-14(24-9-23-13)8-12(10)19(21)22/h6-8,11H,1-5,9H2. The van der Waals surface area contributed by atoms with E-state index in [0.29, 0.717) is 26.3 Å². The van der Waals surface area contributed by atoms with Gasteiger partial charge in [0.15, 0.2) is 11.5 Å². The Kier molecular flexibility index (Phi) is 4.58. The van der Waals surface area contributed by atoms with Gasteiger partial charge in [-0.05, 0) is 25.0 Å². The van der Waals surface area contributed by atoms with E-state index < -0.39 is 4.92 Å². The van der Waals surface area contributed by atoms with Gasteiger partial charge in [-0.25, -0.2) is 0 Å². The van der Waals surface area contributed by atoms with E-state index in [0.717, 1.165) is 25.7 Å². The lowest BCUT2D eigenvalue weighted by molar-refractivity contribution is -0.385. The Bertz CT molecular complexity index is 833. The number of hydrogen-bond acceptors (Lipinski definition) is 7. The third kappa shape index (κ3) is 3.05. The van der Waals surface area contributed by atoms with Crippen LogP contribution in [-0.2, 0) is 4.79 Å². The van der Waals surface area contributed by atoms with Crippen molar-refractivity contribution in [3.05, 3.63) is 32.7 Å². The lowest BCUT2D eigenvalue weighted by atomic mass is 9.94. The summed E-state index contributed by atoms with van der Waals surface area (Å²) >= 11 is 6.60. The van der Waals surface area contributed by atoms with E-state index in [9.17, 15) is 14.9 Å². The van der Waals surface area contributed by atoms with Gasteiger partial charge in [0.2, 0.25) is 6.79 Å². The van der Waals surface area contributed by atoms with Gasteiger partial charge >= 0.3 is 0 Å². The van der Waals surface area contributed by atoms with Crippen LogP contribution in [0, 0.1) is 10.1 Å². The average molecular weight is 392 g/mol. The molecule has 26 heavy (non-hydrogen) atoms. The molecule has 1 aromatic rings. The van der Waals surface area contributed by atoms with E-state index in [2.05, 4.69) is 0 Å². The van der Waals surface area contributed by atoms with Gasteiger partial charge in [-0.2, -0.15) is 0 Å². The first-order valence-corrected chi connectivity index (χ1v) is 9.62. The van der Waals surface area contributed by atoms with E-state index in [-0.39, 0.29) is 24.4 Å². The largest absolute Gasteiger partial charge is 0.454 e. The molecule has 4 rings (SSSR count). The summed E-state index contributed by atoms with van der Waals surface area (Å²) in [6, 6.07) is 3.00. The van der Waals surface area contributed by atoms with Crippen LogP contribution in [0.25, 0.3) is 6.08 Å². The molecule has 0 N–H and O–H groups in total. The van der Waals surface area contributed by atoms with E-state index in [4.69, 9.17) is 21.7 Å². The minimum absolute atomic E-state index is 0.0275. The first kappa shape index (κ1) is 17.3. The number of nitrogens with zero attached hydrogens (tertiary/aromatic N) is 2. The molecule has 2 fully saturated rings. The zero-order valence-corrected chi connectivity index (χ0v) is 15.4. The van der Waals surface area contributed by atoms with Crippen molar-refractivity contribution in [3.63, 3.8) is 0 Å². The van der Waals surface area contributed by atoms with Crippen molar-refractivity contribution in [3.8, 4) is 11.5 Å². The van der Waals surface area contributed by atoms with Crippen LogP contribution in [0.3, 0.4) is 0 Å². The molecule has 0 aromatic heterocycles. The fourth-order valence-electron chi connectivity index (χ4n) is 3.50. The fraction of sp³-hybridized carbons (Fsp3) is 0.412. The quantitative estimate of drug-likeness (QED) is 0.334. The van der Waals surface area contributed by atoms with E-state index in [1.807, 2.05) is 0 Å². The monoisotopic (exact) mass is 392 g/mol. The van der Waals surface area contributed by atoms with Crippen LogP contribution in [0.1, 0.15) is 37.7 Å². The highest BCUT2D eigenvalue weighted by atomic mass is 32.2. The molecule has 1 saturated carbocycles. The van der Waals surface area contributed by atoms with Gasteiger partial charge in [0.05, 0.1) is 21.5 Å². The maximum Gasteiger partial charge on any atom is 0.280 e. The van der Waals surface area contributed by atoms with Crippen LogP contribution in [0.5, 0.6) is 11.5 Å². The number of rotatable bonds is 3. The number of thioether (sulfide) groups is 1. The Labute approximate surface area is 159 Å². The van der Waals surface area contributed by atoms with Gasteiger partial charge in [0, 0.05) is 6.04 Å². The molecule has 1 aliphatic carbocycles. The highest BCUT2D eigenvalue weighted by Crippen LogP contribution is 2.42. The number of amides is 1. The number of carbonyl (C=O) groups is 1. The highest BCUT2D eigenvalue weighted by Gasteiger charge is 2.38. The zero-order valence-electron chi connectivity index (χ0n) is 13.8. The van der Waals surface area contributed by atoms with Crippen LogP contribution in [0.15, 0.2) is 17.0 Å². The predicted octanol–water partition coefficient (Wildman–Crippen LogP) is 3.86. The molecule has 0 unspecified atom stereocenters. The molecule has 136 valence electrons. The molecule has 3 aliphatic rings. The number of fused-ring (bicyclic) bond motifs is 1. The van der Waals surface area contributed by atoms with Gasteiger partial charge in [-0.1, -0.05) is 43.2 Å². The van der Waals surface area contributed by atoms with Crippen molar-refractivity contribution in [1.29, 1.82) is 0 Å². The van der Waals surface area contributed by atoms with Crippen LogP contribution >= 0.6 is 24.0 Å². The molecule has 9 heteroatoms. The minimum Gasteiger partial charge on any atom is -0.454 e. The van der Waals surface area contributed by atoms with Gasteiger partial charge in [0.1, 0.15) is 4.32 Å². The molecule has 0 spiro atoms. The molecule has 2 aliphatic heterocycles. The summed E-state index contributed by atoms with van der Waals surface area (Å²) in [6.45, 7) is 0.0275. The number of carbonyl (C=O) groups excluding carboxylic acids is 1. The van der Waals surface area contributed by atoms with E-state index >= 15 is 0 Å².